The van der Waals surface area contributed by atoms with Gasteiger partial charge >= 0.3 is 20.3 Å². The molecule has 3 aliphatic heterocycles. The number of rotatable bonds is 13. The van der Waals surface area contributed by atoms with Crippen LogP contribution < -0.4 is 35.9 Å². The number of nitrogens with zero attached hydrogens (tertiary/aromatic N) is 12. The lowest BCUT2D eigenvalue weighted by atomic mass is 9.79. The van der Waals surface area contributed by atoms with Crippen molar-refractivity contribution >= 4 is 74.0 Å². The van der Waals surface area contributed by atoms with Crippen molar-refractivity contribution in [1.82, 2.24) is 48.5 Å². The SMILES string of the molecule is CC(=O)N1CCN(c2ncc(Br)cn2)C[C@H]1C.[2H]C([2H])([2H])n1c(=O)c2ccc(-c3cnc(N4CCN(C(=O)CO)[C@H](C)C4)nc3)cc2n1Cc1cc(C)ccc1OC(F)F.[2H]C([2H])([2H])n1c(=O)c2ccc(B3OC(C)(C)C(C)(C)O3)cc2n1Cc1cc(C)ccc1OC(F)F. The molecule has 89 heavy (non-hydrogen) atoms. The fourth-order valence-electron chi connectivity index (χ4n) is 10.9. The van der Waals surface area contributed by atoms with Crippen LogP contribution in [0, 0.1) is 13.8 Å². The number of benzene rings is 4. The maximum absolute atomic E-state index is 13.3. The molecule has 1 N–H and O–H groups in total. The Morgan fingerprint density at radius 3 is 1.58 bits per heavy atom. The highest BCUT2D eigenvalue weighted by Crippen LogP contribution is 2.37. The minimum absolute atomic E-state index is 0.0981. The lowest BCUT2D eigenvalue weighted by Gasteiger charge is -2.39. The summed E-state index contributed by atoms with van der Waals surface area (Å²) in [6.07, 6.45) is 6.70. The zero-order chi connectivity index (χ0) is 69.4. The van der Waals surface area contributed by atoms with E-state index >= 15 is 0 Å². The second-order valence-electron chi connectivity index (χ2n) is 22.9. The van der Waals surface area contributed by atoms with Crippen LogP contribution in [0.15, 0.2) is 112 Å². The summed E-state index contributed by atoms with van der Waals surface area (Å²) in [7, 11) is -0.735. The van der Waals surface area contributed by atoms with E-state index in [0.717, 1.165) is 41.2 Å². The summed E-state index contributed by atoms with van der Waals surface area (Å²) in [4.78, 5) is 74.8. The van der Waals surface area contributed by atoms with Gasteiger partial charge in [-0.2, -0.15) is 17.6 Å². The number of amides is 2. The van der Waals surface area contributed by atoms with Gasteiger partial charge in [0.05, 0.1) is 50.6 Å². The average Bonchev–Trinajstić information content (AvgIpc) is 1.60. The summed E-state index contributed by atoms with van der Waals surface area (Å²) in [5.41, 5.74) is 1.83. The average molecular weight is 1300 g/mol. The molecule has 2 atom stereocenters. The van der Waals surface area contributed by atoms with E-state index in [1.807, 2.05) is 51.3 Å². The molecule has 27 heteroatoms. The van der Waals surface area contributed by atoms with E-state index in [0.29, 0.717) is 62.6 Å². The van der Waals surface area contributed by atoms with Crippen LogP contribution in [-0.2, 0) is 45.9 Å². The van der Waals surface area contributed by atoms with Crippen LogP contribution in [0.5, 0.6) is 11.5 Å². The number of anilines is 2. The molecule has 0 saturated carbocycles. The van der Waals surface area contributed by atoms with Crippen molar-refractivity contribution in [3.63, 3.8) is 0 Å². The van der Waals surface area contributed by atoms with E-state index in [-0.39, 0.29) is 70.3 Å². The second kappa shape index (κ2) is 26.9. The third-order valence-corrected chi connectivity index (χ3v) is 16.6. The summed E-state index contributed by atoms with van der Waals surface area (Å²) in [5, 5.41) is 9.50. The van der Waals surface area contributed by atoms with Crippen LogP contribution in [-0.4, -0.2) is 155 Å². The van der Waals surface area contributed by atoms with Crippen molar-refractivity contribution in [1.29, 1.82) is 0 Å². The van der Waals surface area contributed by atoms with E-state index in [1.165, 1.54) is 33.6 Å². The minimum Gasteiger partial charge on any atom is -0.434 e. The number of carbonyl (C=O) groups is 2. The maximum atomic E-state index is 13.3. The van der Waals surface area contributed by atoms with Crippen LogP contribution in [0.4, 0.5) is 29.5 Å². The van der Waals surface area contributed by atoms with Crippen molar-refractivity contribution in [2.45, 2.75) is 112 Å². The Kier molecular flexibility index (Phi) is 17.3. The number of piperazine rings is 2. The van der Waals surface area contributed by atoms with Gasteiger partial charge in [0.2, 0.25) is 23.7 Å². The molecule has 21 nitrogen and oxygen atoms in total. The molecule has 11 rings (SSSR count). The van der Waals surface area contributed by atoms with Gasteiger partial charge in [-0.05, 0) is 119 Å². The first-order valence-corrected chi connectivity index (χ1v) is 29.3. The quantitative estimate of drug-likeness (QED) is 0.0867. The number of ether oxygens (including phenoxy) is 2. The summed E-state index contributed by atoms with van der Waals surface area (Å²) in [5.74, 6) is 0.772. The predicted molar refractivity (Wildman–Crippen MR) is 334 cm³/mol. The summed E-state index contributed by atoms with van der Waals surface area (Å²) < 4.78 is 127. The highest BCUT2D eigenvalue weighted by atomic mass is 79.9. The Hall–Kier alpha value is -8.14. The topological polar surface area (TPSA) is 210 Å². The molecule has 472 valence electrons. The Labute approximate surface area is 529 Å². The van der Waals surface area contributed by atoms with Gasteiger partial charge in [-0.3, -0.25) is 37.9 Å². The molecule has 3 fully saturated rings. The molecule has 2 amide bonds. The van der Waals surface area contributed by atoms with Gasteiger partial charge in [0.25, 0.3) is 11.1 Å². The Balaban J connectivity index is 0.000000182. The number of aryl methyl sites for hydroxylation is 2. The summed E-state index contributed by atoms with van der Waals surface area (Å²) in [6.45, 7) is 7.67. The molecule has 0 aliphatic carbocycles. The van der Waals surface area contributed by atoms with Crippen molar-refractivity contribution in [3.8, 4) is 22.6 Å². The van der Waals surface area contributed by atoms with Crippen molar-refractivity contribution in [2.24, 2.45) is 14.0 Å². The Bertz CT molecular complexity index is 4220. The third-order valence-electron chi connectivity index (χ3n) is 16.2. The first-order valence-electron chi connectivity index (χ1n) is 31.5. The first-order chi connectivity index (χ1) is 44.5. The van der Waals surface area contributed by atoms with Gasteiger partial charge in [0, 0.05) is 122 Å². The van der Waals surface area contributed by atoms with Crippen LogP contribution >= 0.6 is 15.9 Å². The van der Waals surface area contributed by atoms with Gasteiger partial charge in [0.1, 0.15) is 18.1 Å². The third kappa shape index (κ3) is 14.5. The Morgan fingerprint density at radius 1 is 0.674 bits per heavy atom. The number of hydrogen-bond donors (Lipinski definition) is 1. The van der Waals surface area contributed by atoms with Gasteiger partial charge < -0.3 is 43.5 Å². The van der Waals surface area contributed by atoms with Crippen LogP contribution in [0.3, 0.4) is 0 Å². The number of fused-ring (bicyclic) bond motifs is 2. The normalized spacial score (nSPS) is 18.6. The maximum Gasteiger partial charge on any atom is 0.494 e. The number of aliphatic hydroxyl groups is 1. The smallest absolute Gasteiger partial charge is 0.434 e. The van der Waals surface area contributed by atoms with E-state index < -0.39 is 63.2 Å². The molecule has 3 saturated heterocycles. The molecule has 0 unspecified atom stereocenters. The molecule has 4 aromatic heterocycles. The largest absolute Gasteiger partial charge is 0.494 e. The van der Waals surface area contributed by atoms with E-state index in [2.05, 4.69) is 50.2 Å². The van der Waals surface area contributed by atoms with E-state index in [4.69, 9.17) is 17.5 Å². The predicted octanol–water partition coefficient (Wildman–Crippen LogP) is 7.68. The van der Waals surface area contributed by atoms with Crippen molar-refractivity contribution in [2.75, 3.05) is 55.7 Å². The molecule has 3 aliphatic rings. The van der Waals surface area contributed by atoms with Crippen LogP contribution in [0.2, 0.25) is 0 Å². The fraction of sp³-hybridized carbons (Fsp3) is 0.419. The highest BCUT2D eigenvalue weighted by molar-refractivity contribution is 9.10. The summed E-state index contributed by atoms with van der Waals surface area (Å²) in [6, 6.07) is 18.9. The zero-order valence-electron chi connectivity index (χ0n) is 56.5. The number of carbonyl (C=O) groups excluding carboxylic acids is 2. The second-order valence-corrected chi connectivity index (χ2v) is 23.9. The number of halogens is 5. The summed E-state index contributed by atoms with van der Waals surface area (Å²) >= 11 is 3.31. The fourth-order valence-corrected chi connectivity index (χ4v) is 11.1. The number of aliphatic hydroxyl groups excluding tert-OH is 1. The molecular weight excluding hydrogens is 1220 g/mol. The van der Waals surface area contributed by atoms with Crippen LogP contribution in [0.25, 0.3) is 32.9 Å². The molecular formula is C62H72BBrF4N12O9. The zero-order valence-corrected chi connectivity index (χ0v) is 52.0. The van der Waals surface area contributed by atoms with E-state index in [9.17, 15) is 41.8 Å². The number of alkyl halides is 4. The van der Waals surface area contributed by atoms with Gasteiger partial charge in [-0.25, -0.2) is 19.9 Å². The van der Waals surface area contributed by atoms with Crippen molar-refractivity contribution in [3.05, 3.63) is 145 Å². The molecule has 4 aromatic carbocycles. The lowest BCUT2D eigenvalue weighted by Crippen LogP contribution is -2.55. The lowest BCUT2D eigenvalue weighted by molar-refractivity contribution is -0.136. The monoisotopic (exact) mass is 1300 g/mol. The van der Waals surface area contributed by atoms with Crippen molar-refractivity contribution < 1.29 is 59.3 Å². The van der Waals surface area contributed by atoms with Gasteiger partial charge in [-0.1, -0.05) is 47.5 Å². The van der Waals surface area contributed by atoms with Gasteiger partial charge in [-0.15, -0.1) is 0 Å². The standard InChI is InChI=1S/C28H30F2N6O4.C23H27BF2N2O4.C11H15BrN4O/c1-17-4-7-24(40-27(29)30)20(10-17)15-36-23-11-19(5-6-22(23)26(39)33(36)3)21-12-31-28(32-13-21)34-8-9-35(18(2)14-34)25(38)16-37;1-14-7-10-19(30-21(25)26)15(11-14)13-28-18-12-16(8-9-17(18)20(29)27(28)6)24-31-22(2,3)23(4,5)32-24;1-8-7-15(3-4-16(8)9(2)17)11-13-5-10(12)6-14-11/h4-7,10-13,18,27,37H,8-9,14-16H2,1-3H3;7-12,21H,13H2,1-6H3;5-6,8H,3-4,7H2,1-2H3/t18-;;8-/m1.1/s1/i3D3;6D3;. The molecule has 0 spiro atoms. The highest BCUT2D eigenvalue weighted by Gasteiger charge is 2.52. The number of hydrogen-bond acceptors (Lipinski definition) is 15. The molecule has 0 bridgehead atoms. The minimum atomic E-state index is -3.09. The van der Waals surface area contributed by atoms with E-state index in [1.54, 1.807) is 99.0 Å². The molecule has 7 heterocycles. The van der Waals surface area contributed by atoms with Gasteiger partial charge in [0.15, 0.2) is 0 Å². The van der Waals surface area contributed by atoms with Crippen LogP contribution in [0.1, 0.15) is 78.9 Å². The number of aromatic nitrogens is 8. The molecule has 8 aromatic rings. The molecule has 0 radical (unpaired) electrons. The Morgan fingerprint density at radius 2 is 1.13 bits per heavy atom. The first kappa shape index (κ1) is 57.3.